The van der Waals surface area contributed by atoms with Crippen LogP contribution >= 0.6 is 0 Å². The van der Waals surface area contributed by atoms with Gasteiger partial charge in [-0.2, -0.15) is 0 Å². The van der Waals surface area contributed by atoms with Crippen LogP contribution in [0, 0.1) is 5.92 Å². The van der Waals surface area contributed by atoms with Gasteiger partial charge in [0.2, 0.25) is 11.5 Å². The maximum Gasteiger partial charge on any atom is 0.334 e. The van der Waals surface area contributed by atoms with Crippen LogP contribution < -0.4 is 28.4 Å². The van der Waals surface area contributed by atoms with Crippen LogP contribution in [-0.4, -0.2) is 55.2 Å². The fraction of sp³-hybridized carbons (Fsp3) is 0.375. The van der Waals surface area contributed by atoms with Crippen LogP contribution in [0.4, 0.5) is 0 Å². The van der Waals surface area contributed by atoms with Gasteiger partial charge >= 0.3 is 5.97 Å². The van der Waals surface area contributed by atoms with E-state index in [9.17, 15) is 4.79 Å². The van der Waals surface area contributed by atoms with Crippen molar-refractivity contribution in [2.75, 3.05) is 49.3 Å². The Balaban J connectivity index is 2.20. The van der Waals surface area contributed by atoms with E-state index < -0.39 is 0 Å². The molecule has 0 saturated carbocycles. The van der Waals surface area contributed by atoms with E-state index >= 15 is 0 Å². The Morgan fingerprint density at radius 3 is 1.88 bits per heavy atom. The normalized spacial score (nSPS) is 18.0. The number of cyclic esters (lactones) is 1. The highest BCUT2D eigenvalue weighted by Gasteiger charge is 2.37. The lowest BCUT2D eigenvalue weighted by molar-refractivity contribution is -0.135. The fourth-order valence-electron chi connectivity index (χ4n) is 4.48. The Labute approximate surface area is 186 Å². The van der Waals surface area contributed by atoms with E-state index in [2.05, 4.69) is 0 Å². The third kappa shape index (κ3) is 3.18. The molecule has 8 nitrogen and oxygen atoms in total. The van der Waals surface area contributed by atoms with Crippen molar-refractivity contribution < 1.29 is 38.0 Å². The quantitative estimate of drug-likeness (QED) is 0.629. The molecule has 0 bridgehead atoms. The number of fused-ring (bicyclic) bond motifs is 4. The Morgan fingerprint density at radius 1 is 0.750 bits per heavy atom. The van der Waals surface area contributed by atoms with Crippen LogP contribution in [0.15, 0.2) is 17.7 Å². The van der Waals surface area contributed by atoms with E-state index in [0.29, 0.717) is 64.2 Å². The summed E-state index contributed by atoms with van der Waals surface area (Å²) in [6, 6.07) is 3.72. The molecule has 1 atom stereocenters. The number of carbonyl (C=O) groups is 1. The summed E-state index contributed by atoms with van der Waals surface area (Å²) in [5.74, 6) is 2.40. The van der Waals surface area contributed by atoms with Gasteiger partial charge in [-0.3, -0.25) is 0 Å². The van der Waals surface area contributed by atoms with Crippen LogP contribution in [0.5, 0.6) is 34.5 Å². The average Bonchev–Trinajstić information content (AvgIpc) is 3.14. The van der Waals surface area contributed by atoms with Gasteiger partial charge in [-0.25, -0.2) is 4.79 Å². The second-order valence-electron chi connectivity index (χ2n) is 7.39. The van der Waals surface area contributed by atoms with Gasteiger partial charge in [-0.05, 0) is 35.8 Å². The SMILES string of the molecule is COc1cc2c(c(OC)c1OC)-c1c(cc(OC)c(OC)c1OC)C[C@H]1COC(=O)/C1=C/2. The van der Waals surface area contributed by atoms with Crippen molar-refractivity contribution in [2.24, 2.45) is 5.92 Å². The van der Waals surface area contributed by atoms with Crippen molar-refractivity contribution in [3.8, 4) is 45.6 Å². The zero-order valence-corrected chi connectivity index (χ0v) is 19.0. The van der Waals surface area contributed by atoms with Crippen LogP contribution in [-0.2, 0) is 16.0 Å². The lowest BCUT2D eigenvalue weighted by Gasteiger charge is -2.26. The lowest BCUT2D eigenvalue weighted by atomic mass is 9.82. The molecule has 0 amide bonds. The van der Waals surface area contributed by atoms with Gasteiger partial charge < -0.3 is 33.2 Å². The first-order valence-electron chi connectivity index (χ1n) is 10.1. The molecule has 1 saturated heterocycles. The number of esters is 1. The molecule has 0 radical (unpaired) electrons. The summed E-state index contributed by atoms with van der Waals surface area (Å²) in [5, 5.41) is 0. The van der Waals surface area contributed by atoms with Crippen molar-refractivity contribution in [3.63, 3.8) is 0 Å². The minimum Gasteiger partial charge on any atom is -0.493 e. The molecule has 1 fully saturated rings. The number of rotatable bonds is 6. The van der Waals surface area contributed by atoms with E-state index in [4.69, 9.17) is 33.2 Å². The summed E-state index contributed by atoms with van der Waals surface area (Å²) < 4.78 is 39.5. The van der Waals surface area contributed by atoms with Crippen molar-refractivity contribution in [1.82, 2.24) is 0 Å². The molecule has 2 aromatic rings. The van der Waals surface area contributed by atoms with Gasteiger partial charge in [0.1, 0.15) is 0 Å². The van der Waals surface area contributed by atoms with Gasteiger partial charge in [0, 0.05) is 22.6 Å². The van der Waals surface area contributed by atoms with E-state index in [1.165, 1.54) is 0 Å². The summed E-state index contributed by atoms with van der Waals surface area (Å²) in [6.07, 6.45) is 2.37. The molecule has 0 spiro atoms. The van der Waals surface area contributed by atoms with E-state index in [-0.39, 0.29) is 11.9 Å². The topological polar surface area (TPSA) is 81.7 Å². The smallest absolute Gasteiger partial charge is 0.334 e. The Hall–Kier alpha value is -3.55. The predicted octanol–water partition coefficient (Wildman–Crippen LogP) is 3.52. The molecule has 1 heterocycles. The Morgan fingerprint density at radius 2 is 1.31 bits per heavy atom. The molecular weight excluding hydrogens is 416 g/mol. The maximum absolute atomic E-state index is 12.5. The minimum absolute atomic E-state index is 0.115. The van der Waals surface area contributed by atoms with Crippen LogP contribution in [0.25, 0.3) is 17.2 Å². The lowest BCUT2D eigenvalue weighted by Crippen LogP contribution is -2.13. The molecule has 170 valence electrons. The second-order valence-corrected chi connectivity index (χ2v) is 7.39. The predicted molar refractivity (Wildman–Crippen MR) is 117 cm³/mol. The Bertz CT molecular complexity index is 1100. The van der Waals surface area contributed by atoms with Crippen LogP contribution in [0.3, 0.4) is 0 Å². The number of hydrogen-bond acceptors (Lipinski definition) is 8. The van der Waals surface area contributed by atoms with Gasteiger partial charge in [0.15, 0.2) is 23.0 Å². The Kier molecular flexibility index (Phi) is 5.78. The van der Waals surface area contributed by atoms with Crippen molar-refractivity contribution in [2.45, 2.75) is 6.42 Å². The third-order valence-electron chi connectivity index (χ3n) is 5.89. The number of carbonyl (C=O) groups excluding carboxylic acids is 1. The first-order chi connectivity index (χ1) is 15.5. The number of benzene rings is 2. The fourth-order valence-corrected chi connectivity index (χ4v) is 4.48. The summed E-state index contributed by atoms with van der Waals surface area (Å²) in [5.41, 5.74) is 3.68. The molecule has 2 aromatic carbocycles. The number of ether oxygens (including phenoxy) is 7. The molecule has 0 aromatic heterocycles. The standard InChI is InChI=1S/C24H26O8/c1-26-16-9-12-7-14-11-32-24(25)15(14)8-13-10-17(27-2)21(29-4)23(31-6)19(13)18(12)22(30-5)20(16)28-3/h8-10,14H,7,11H2,1-6H3/b15-8+/t14-/m0/s1. The second kappa shape index (κ2) is 8.53. The molecule has 0 unspecified atom stereocenters. The number of methoxy groups -OCH3 is 6. The average molecular weight is 442 g/mol. The first-order valence-corrected chi connectivity index (χ1v) is 10.1. The van der Waals surface area contributed by atoms with E-state index in [0.717, 1.165) is 11.1 Å². The molecule has 0 N–H and O–H groups in total. The molecule has 4 rings (SSSR count). The summed E-state index contributed by atoms with van der Waals surface area (Å²) >= 11 is 0. The van der Waals surface area contributed by atoms with Crippen molar-refractivity contribution in [3.05, 3.63) is 28.8 Å². The van der Waals surface area contributed by atoms with Crippen molar-refractivity contribution in [1.29, 1.82) is 0 Å². The molecule has 8 heteroatoms. The summed E-state index contributed by atoms with van der Waals surface area (Å²) in [6.45, 7) is 0.306. The zero-order chi connectivity index (χ0) is 23.0. The zero-order valence-electron chi connectivity index (χ0n) is 19.0. The highest BCUT2D eigenvalue weighted by molar-refractivity contribution is 6.00. The first kappa shape index (κ1) is 21.7. The van der Waals surface area contributed by atoms with Gasteiger partial charge in [-0.15, -0.1) is 0 Å². The highest BCUT2D eigenvalue weighted by atomic mass is 16.5. The summed E-state index contributed by atoms with van der Waals surface area (Å²) in [4.78, 5) is 12.5. The number of hydrogen-bond donors (Lipinski definition) is 0. The van der Waals surface area contributed by atoms with E-state index in [1.807, 2.05) is 18.2 Å². The molecule has 1 aliphatic carbocycles. The molecule has 1 aliphatic heterocycles. The molecule has 2 aliphatic rings. The minimum atomic E-state index is -0.328. The van der Waals surface area contributed by atoms with Crippen LogP contribution in [0.2, 0.25) is 0 Å². The molecular formula is C24H26O8. The van der Waals surface area contributed by atoms with Gasteiger partial charge in [0.25, 0.3) is 0 Å². The van der Waals surface area contributed by atoms with Crippen molar-refractivity contribution >= 4 is 12.0 Å². The monoisotopic (exact) mass is 442 g/mol. The summed E-state index contributed by atoms with van der Waals surface area (Å²) in [7, 11) is 9.36. The van der Waals surface area contributed by atoms with E-state index in [1.54, 1.807) is 42.7 Å². The van der Waals surface area contributed by atoms with Gasteiger partial charge in [-0.1, -0.05) is 0 Å². The largest absolute Gasteiger partial charge is 0.493 e. The highest BCUT2D eigenvalue weighted by Crippen LogP contribution is 2.55. The maximum atomic E-state index is 12.5. The third-order valence-corrected chi connectivity index (χ3v) is 5.89. The molecule has 32 heavy (non-hydrogen) atoms. The van der Waals surface area contributed by atoms with Gasteiger partial charge in [0.05, 0.1) is 49.3 Å². The van der Waals surface area contributed by atoms with Crippen LogP contribution in [0.1, 0.15) is 11.1 Å².